The summed E-state index contributed by atoms with van der Waals surface area (Å²) in [5, 5.41) is 16.2. The van der Waals surface area contributed by atoms with E-state index in [-0.39, 0.29) is 5.56 Å². The van der Waals surface area contributed by atoms with Gasteiger partial charge in [0.25, 0.3) is 0 Å². The molecule has 0 aliphatic rings. The molecular formula is C13H14N2O3S2. The van der Waals surface area contributed by atoms with Gasteiger partial charge in [0.2, 0.25) is 0 Å². The number of nitrogens with one attached hydrogen (secondary N) is 2. The first-order valence-electron chi connectivity index (χ1n) is 5.89. The fourth-order valence-corrected chi connectivity index (χ4v) is 3.39. The molecule has 0 bridgehead atoms. The van der Waals surface area contributed by atoms with Crippen LogP contribution in [0.2, 0.25) is 0 Å². The molecule has 5 nitrogen and oxygen atoms in total. The number of anilines is 1. The second-order valence-corrected chi connectivity index (χ2v) is 6.49. The van der Waals surface area contributed by atoms with Gasteiger partial charge in [-0.05, 0) is 36.9 Å². The minimum Gasteiger partial charge on any atom is -0.478 e. The minimum atomic E-state index is -1.05. The number of amides is 2. The number of carbonyl (C=O) groups is 2. The lowest BCUT2D eigenvalue weighted by Gasteiger charge is -2.05. The van der Waals surface area contributed by atoms with Crippen molar-refractivity contribution in [3.63, 3.8) is 0 Å². The molecule has 2 heterocycles. The molecule has 2 aromatic heterocycles. The number of aromatic carboxylic acids is 1. The molecule has 0 fully saturated rings. The summed E-state index contributed by atoms with van der Waals surface area (Å²) in [4.78, 5) is 25.0. The van der Waals surface area contributed by atoms with Crippen LogP contribution in [0.3, 0.4) is 0 Å². The molecule has 2 aromatic rings. The second-order valence-electron chi connectivity index (χ2n) is 4.23. The van der Waals surface area contributed by atoms with Crippen molar-refractivity contribution in [3.8, 4) is 0 Å². The average molecular weight is 310 g/mol. The summed E-state index contributed by atoms with van der Waals surface area (Å²) in [6.45, 7) is 4.49. The number of urea groups is 1. The molecule has 106 valence electrons. The van der Waals surface area contributed by atoms with Crippen molar-refractivity contribution in [1.82, 2.24) is 5.32 Å². The smallest absolute Gasteiger partial charge is 0.338 e. The van der Waals surface area contributed by atoms with E-state index < -0.39 is 12.0 Å². The Balaban J connectivity index is 1.92. The van der Waals surface area contributed by atoms with Gasteiger partial charge in [0.1, 0.15) is 5.00 Å². The monoisotopic (exact) mass is 310 g/mol. The van der Waals surface area contributed by atoms with E-state index in [0.29, 0.717) is 11.5 Å². The minimum absolute atomic E-state index is 0.105. The standard InChI is InChI=1S/C13H14N2O3S2/c1-7-5-9(20-8(7)2)6-14-13(18)15-11-10(12(16)17)3-4-19-11/h3-5H,6H2,1-2H3,(H,16,17)(H2,14,15,18). The van der Waals surface area contributed by atoms with E-state index in [4.69, 9.17) is 5.11 Å². The highest BCUT2D eigenvalue weighted by Crippen LogP contribution is 2.23. The Labute approximate surface area is 124 Å². The van der Waals surface area contributed by atoms with Gasteiger partial charge in [0.05, 0.1) is 12.1 Å². The molecule has 3 N–H and O–H groups in total. The van der Waals surface area contributed by atoms with Crippen molar-refractivity contribution < 1.29 is 14.7 Å². The summed E-state index contributed by atoms with van der Waals surface area (Å²) in [6.07, 6.45) is 0. The Bertz CT molecular complexity index is 626. The largest absolute Gasteiger partial charge is 0.478 e. The maximum atomic E-state index is 11.7. The highest BCUT2D eigenvalue weighted by molar-refractivity contribution is 7.14. The molecule has 0 radical (unpaired) electrons. The Morgan fingerprint density at radius 3 is 2.70 bits per heavy atom. The topological polar surface area (TPSA) is 78.4 Å². The Hall–Kier alpha value is -1.86. The fraction of sp³-hybridized carbons (Fsp3) is 0.231. The molecule has 0 unspecified atom stereocenters. The third-order valence-electron chi connectivity index (χ3n) is 2.76. The lowest BCUT2D eigenvalue weighted by Crippen LogP contribution is -2.28. The number of carboxylic acids is 1. The molecule has 2 rings (SSSR count). The van der Waals surface area contributed by atoms with Crippen LogP contribution in [0.1, 0.15) is 25.7 Å². The number of carboxylic acid groups (broad SMARTS) is 1. The highest BCUT2D eigenvalue weighted by atomic mass is 32.1. The average Bonchev–Trinajstić information content (AvgIpc) is 2.95. The van der Waals surface area contributed by atoms with E-state index in [9.17, 15) is 9.59 Å². The summed E-state index contributed by atoms with van der Waals surface area (Å²) in [6, 6.07) is 3.10. The van der Waals surface area contributed by atoms with E-state index in [0.717, 1.165) is 4.88 Å². The normalized spacial score (nSPS) is 10.3. The Kier molecular flexibility index (Phi) is 4.41. The van der Waals surface area contributed by atoms with Crippen LogP contribution in [0, 0.1) is 13.8 Å². The van der Waals surface area contributed by atoms with Crippen LogP contribution in [0.15, 0.2) is 17.5 Å². The van der Waals surface area contributed by atoms with Gasteiger partial charge in [-0.15, -0.1) is 22.7 Å². The van der Waals surface area contributed by atoms with Crippen molar-refractivity contribution in [3.05, 3.63) is 38.4 Å². The summed E-state index contributed by atoms with van der Waals surface area (Å²) in [7, 11) is 0. The van der Waals surface area contributed by atoms with E-state index in [1.165, 1.54) is 27.8 Å². The van der Waals surface area contributed by atoms with Crippen molar-refractivity contribution in [2.45, 2.75) is 20.4 Å². The van der Waals surface area contributed by atoms with Crippen LogP contribution in [0.4, 0.5) is 9.80 Å². The van der Waals surface area contributed by atoms with Crippen LogP contribution in [-0.2, 0) is 6.54 Å². The molecule has 0 aliphatic carbocycles. The van der Waals surface area contributed by atoms with E-state index in [1.54, 1.807) is 16.7 Å². The van der Waals surface area contributed by atoms with Gasteiger partial charge in [0, 0.05) is 9.75 Å². The second kappa shape index (κ2) is 6.06. The highest BCUT2D eigenvalue weighted by Gasteiger charge is 2.13. The summed E-state index contributed by atoms with van der Waals surface area (Å²) >= 11 is 2.82. The lowest BCUT2D eigenvalue weighted by atomic mass is 10.3. The van der Waals surface area contributed by atoms with Crippen LogP contribution < -0.4 is 10.6 Å². The molecule has 0 saturated heterocycles. The van der Waals surface area contributed by atoms with Crippen molar-refractivity contribution in [2.24, 2.45) is 0 Å². The van der Waals surface area contributed by atoms with E-state index >= 15 is 0 Å². The third kappa shape index (κ3) is 3.37. The van der Waals surface area contributed by atoms with Gasteiger partial charge in [-0.1, -0.05) is 0 Å². The zero-order valence-electron chi connectivity index (χ0n) is 11.0. The van der Waals surface area contributed by atoms with Gasteiger partial charge in [-0.2, -0.15) is 0 Å². The summed E-state index contributed by atoms with van der Waals surface area (Å²) in [5.74, 6) is -1.05. The van der Waals surface area contributed by atoms with Gasteiger partial charge < -0.3 is 10.4 Å². The van der Waals surface area contributed by atoms with Crippen LogP contribution >= 0.6 is 22.7 Å². The number of hydrogen-bond acceptors (Lipinski definition) is 4. The molecule has 7 heteroatoms. The number of hydrogen-bond donors (Lipinski definition) is 3. The fourth-order valence-electron chi connectivity index (χ4n) is 1.63. The Morgan fingerprint density at radius 2 is 2.10 bits per heavy atom. The van der Waals surface area contributed by atoms with Crippen molar-refractivity contribution in [2.75, 3.05) is 5.32 Å². The zero-order valence-corrected chi connectivity index (χ0v) is 12.7. The predicted molar refractivity (Wildman–Crippen MR) is 80.9 cm³/mol. The van der Waals surface area contributed by atoms with E-state index in [2.05, 4.69) is 10.6 Å². The molecule has 0 saturated carbocycles. The van der Waals surface area contributed by atoms with Crippen molar-refractivity contribution >= 4 is 39.7 Å². The summed E-state index contributed by atoms with van der Waals surface area (Å²) < 4.78 is 0. The predicted octanol–water partition coefficient (Wildman–Crippen LogP) is 3.45. The van der Waals surface area contributed by atoms with Gasteiger partial charge >= 0.3 is 12.0 Å². The molecule has 0 aromatic carbocycles. The lowest BCUT2D eigenvalue weighted by molar-refractivity contribution is 0.0698. The Morgan fingerprint density at radius 1 is 1.35 bits per heavy atom. The first kappa shape index (κ1) is 14.5. The SMILES string of the molecule is Cc1cc(CNC(=O)Nc2sccc2C(=O)O)sc1C. The van der Waals surface area contributed by atoms with Gasteiger partial charge in [0.15, 0.2) is 0 Å². The molecule has 0 atom stereocenters. The van der Waals surface area contributed by atoms with Gasteiger partial charge in [-0.3, -0.25) is 5.32 Å². The molecular weight excluding hydrogens is 296 g/mol. The molecule has 0 spiro atoms. The maximum Gasteiger partial charge on any atom is 0.338 e. The van der Waals surface area contributed by atoms with Crippen molar-refractivity contribution in [1.29, 1.82) is 0 Å². The maximum absolute atomic E-state index is 11.7. The molecule has 0 aliphatic heterocycles. The van der Waals surface area contributed by atoms with Gasteiger partial charge in [-0.25, -0.2) is 9.59 Å². The zero-order chi connectivity index (χ0) is 14.7. The third-order valence-corrected chi connectivity index (χ3v) is 4.75. The number of rotatable bonds is 4. The van der Waals surface area contributed by atoms with Crippen LogP contribution in [0.5, 0.6) is 0 Å². The summed E-state index contributed by atoms with van der Waals surface area (Å²) in [5.41, 5.74) is 1.31. The number of thiophene rings is 2. The van der Waals surface area contributed by atoms with Crippen LogP contribution in [0.25, 0.3) is 0 Å². The first-order chi connectivity index (χ1) is 9.47. The molecule has 2 amide bonds. The molecule has 20 heavy (non-hydrogen) atoms. The van der Waals surface area contributed by atoms with E-state index in [1.807, 2.05) is 19.9 Å². The first-order valence-corrected chi connectivity index (χ1v) is 7.58. The quantitative estimate of drug-likeness (QED) is 0.809. The number of carbonyl (C=O) groups excluding carboxylic acids is 1. The van der Waals surface area contributed by atoms with Crippen LogP contribution in [-0.4, -0.2) is 17.1 Å². The number of aryl methyl sites for hydroxylation is 2.